The summed E-state index contributed by atoms with van der Waals surface area (Å²) in [6.07, 6.45) is -0.0571. The number of thiophene rings is 1. The normalized spacial score (nSPS) is 15.5. The molecule has 1 saturated heterocycles. The summed E-state index contributed by atoms with van der Waals surface area (Å²) in [5, 5.41) is 12.0. The maximum Gasteiger partial charge on any atom is 0.358 e. The largest absolute Gasteiger partial charge is 0.393 e. The third kappa shape index (κ3) is 4.20. The van der Waals surface area contributed by atoms with Gasteiger partial charge in [0, 0.05) is 18.8 Å². The van der Waals surface area contributed by atoms with Crippen LogP contribution < -0.4 is 5.32 Å². The zero-order valence-corrected chi connectivity index (χ0v) is 15.9. The zero-order chi connectivity index (χ0) is 20.5. The highest BCUT2D eigenvalue weighted by atomic mass is 32.1. The molecule has 1 aliphatic rings. The van der Waals surface area contributed by atoms with E-state index in [-0.39, 0.29) is 30.8 Å². The van der Waals surface area contributed by atoms with Gasteiger partial charge in [-0.05, 0) is 55.7 Å². The summed E-state index contributed by atoms with van der Waals surface area (Å²) < 4.78 is 42.5. The monoisotopic (exact) mass is 412 g/mol. The number of rotatable bonds is 4. The van der Waals surface area contributed by atoms with Crippen molar-refractivity contribution >= 4 is 28.8 Å². The number of carbonyl (C=O) groups excluding carboxylic acids is 2. The first kappa shape index (κ1) is 20.3. The minimum Gasteiger partial charge on any atom is -0.393 e. The van der Waals surface area contributed by atoms with E-state index in [9.17, 15) is 27.9 Å². The molecular formula is C19H19F3N2O3S. The van der Waals surface area contributed by atoms with E-state index < -0.39 is 34.5 Å². The van der Waals surface area contributed by atoms with Crippen LogP contribution in [0, 0.1) is 12.7 Å². The number of piperidine rings is 1. The Kier molecular flexibility index (Phi) is 5.76. The number of carbonyl (C=O) groups is 2. The summed E-state index contributed by atoms with van der Waals surface area (Å²) in [7, 11) is 0. The van der Waals surface area contributed by atoms with Gasteiger partial charge in [-0.15, -0.1) is 11.3 Å². The Hall–Kier alpha value is -2.39. The van der Waals surface area contributed by atoms with Crippen molar-refractivity contribution in [2.75, 3.05) is 18.4 Å². The SMILES string of the molecule is Cc1cc(NC(=O)c2ccc(C(F)(F)C(=O)N3CCC(O)CC3)s2)ccc1F. The van der Waals surface area contributed by atoms with Gasteiger partial charge in [-0.3, -0.25) is 9.59 Å². The first-order chi connectivity index (χ1) is 13.2. The maximum atomic E-state index is 14.6. The van der Waals surface area contributed by atoms with Crippen molar-refractivity contribution in [1.29, 1.82) is 0 Å². The molecule has 28 heavy (non-hydrogen) atoms. The number of nitrogens with one attached hydrogen (secondary N) is 1. The summed E-state index contributed by atoms with van der Waals surface area (Å²) in [4.78, 5) is 25.1. The van der Waals surface area contributed by atoms with E-state index in [0.717, 1.165) is 11.0 Å². The second-order valence-electron chi connectivity index (χ2n) is 6.68. The predicted octanol–water partition coefficient (Wildman–Crippen LogP) is 3.52. The molecule has 150 valence electrons. The number of benzene rings is 1. The van der Waals surface area contributed by atoms with Crippen molar-refractivity contribution in [2.45, 2.75) is 31.8 Å². The number of aliphatic hydroxyl groups is 1. The molecule has 1 aliphatic heterocycles. The fourth-order valence-corrected chi connectivity index (χ4v) is 3.79. The lowest BCUT2D eigenvalue weighted by Gasteiger charge is -2.31. The quantitative estimate of drug-likeness (QED) is 0.807. The smallest absolute Gasteiger partial charge is 0.358 e. The van der Waals surface area contributed by atoms with Crippen LogP contribution in [0.3, 0.4) is 0 Å². The Morgan fingerprint density at radius 3 is 2.54 bits per heavy atom. The first-order valence-electron chi connectivity index (χ1n) is 8.71. The van der Waals surface area contributed by atoms with Crippen LogP contribution in [-0.4, -0.2) is 41.0 Å². The van der Waals surface area contributed by atoms with Crippen LogP contribution in [0.5, 0.6) is 0 Å². The number of aliphatic hydroxyl groups excluding tert-OH is 1. The number of hydrogen-bond acceptors (Lipinski definition) is 4. The lowest BCUT2D eigenvalue weighted by Crippen LogP contribution is -2.46. The van der Waals surface area contributed by atoms with Gasteiger partial charge in [-0.25, -0.2) is 4.39 Å². The third-order valence-electron chi connectivity index (χ3n) is 4.58. The molecule has 1 aromatic heterocycles. The van der Waals surface area contributed by atoms with Gasteiger partial charge in [-0.2, -0.15) is 8.78 Å². The highest BCUT2D eigenvalue weighted by Crippen LogP contribution is 2.36. The molecule has 1 fully saturated rings. The van der Waals surface area contributed by atoms with E-state index in [1.165, 1.54) is 24.3 Å². The number of anilines is 1. The molecule has 2 amide bonds. The molecule has 0 atom stereocenters. The lowest BCUT2D eigenvalue weighted by molar-refractivity contribution is -0.160. The molecule has 0 aliphatic carbocycles. The molecule has 0 bridgehead atoms. The molecule has 3 rings (SSSR count). The second-order valence-corrected chi connectivity index (χ2v) is 7.76. The highest BCUT2D eigenvalue weighted by Gasteiger charge is 2.46. The van der Waals surface area contributed by atoms with Crippen LogP contribution in [0.15, 0.2) is 30.3 Å². The van der Waals surface area contributed by atoms with Gasteiger partial charge in [0.05, 0.1) is 15.9 Å². The molecule has 0 unspecified atom stereocenters. The van der Waals surface area contributed by atoms with Crippen LogP contribution in [0.4, 0.5) is 18.9 Å². The first-order valence-corrected chi connectivity index (χ1v) is 9.53. The number of halogens is 3. The minimum atomic E-state index is -3.75. The van der Waals surface area contributed by atoms with Crippen molar-refractivity contribution in [1.82, 2.24) is 4.90 Å². The van der Waals surface area contributed by atoms with Crippen LogP contribution in [0.25, 0.3) is 0 Å². The average molecular weight is 412 g/mol. The molecule has 5 nitrogen and oxygen atoms in total. The Bertz CT molecular complexity index is 892. The van der Waals surface area contributed by atoms with Gasteiger partial charge in [0.2, 0.25) is 0 Å². The Labute approximate surface area is 163 Å². The van der Waals surface area contributed by atoms with Crippen LogP contribution in [0.1, 0.15) is 33.0 Å². The molecule has 0 radical (unpaired) electrons. The number of aryl methyl sites for hydroxylation is 1. The molecular weight excluding hydrogens is 393 g/mol. The fraction of sp³-hybridized carbons (Fsp3) is 0.368. The topological polar surface area (TPSA) is 69.6 Å². The molecule has 2 N–H and O–H groups in total. The minimum absolute atomic E-state index is 0.0125. The van der Waals surface area contributed by atoms with E-state index >= 15 is 0 Å². The zero-order valence-electron chi connectivity index (χ0n) is 15.0. The summed E-state index contributed by atoms with van der Waals surface area (Å²) in [6, 6.07) is 6.30. The van der Waals surface area contributed by atoms with Crippen molar-refractivity contribution in [3.8, 4) is 0 Å². The molecule has 2 aromatic rings. The van der Waals surface area contributed by atoms with Crippen molar-refractivity contribution in [3.05, 3.63) is 51.5 Å². The molecule has 0 saturated carbocycles. The second kappa shape index (κ2) is 7.92. The van der Waals surface area contributed by atoms with E-state index in [1.807, 2.05) is 0 Å². The van der Waals surface area contributed by atoms with Crippen molar-refractivity contribution in [3.63, 3.8) is 0 Å². The molecule has 1 aromatic carbocycles. The molecule has 0 spiro atoms. The van der Waals surface area contributed by atoms with Crippen molar-refractivity contribution < 1.29 is 27.9 Å². The lowest BCUT2D eigenvalue weighted by atomic mass is 10.1. The van der Waals surface area contributed by atoms with Gasteiger partial charge in [0.1, 0.15) is 5.82 Å². The number of nitrogens with zero attached hydrogens (tertiary/aromatic N) is 1. The standard InChI is InChI=1S/C19H19F3N2O3S/c1-11-10-12(2-3-14(11)20)23-17(26)15-4-5-16(28-15)19(21,22)18(27)24-8-6-13(25)7-9-24/h2-5,10,13,25H,6-9H2,1H3,(H,23,26). The summed E-state index contributed by atoms with van der Waals surface area (Å²) in [5.41, 5.74) is 0.682. The van der Waals surface area contributed by atoms with Gasteiger partial charge >= 0.3 is 5.92 Å². The number of amides is 2. The Morgan fingerprint density at radius 2 is 1.89 bits per heavy atom. The Balaban J connectivity index is 1.71. The van der Waals surface area contributed by atoms with Crippen molar-refractivity contribution in [2.24, 2.45) is 0 Å². The van der Waals surface area contributed by atoms with Crippen LogP contribution in [0.2, 0.25) is 0 Å². The summed E-state index contributed by atoms with van der Waals surface area (Å²) >= 11 is 0.534. The number of alkyl halides is 2. The summed E-state index contributed by atoms with van der Waals surface area (Å²) in [5.74, 6) is -6.12. The van der Waals surface area contributed by atoms with Gasteiger partial charge in [0.25, 0.3) is 11.8 Å². The van der Waals surface area contributed by atoms with Crippen LogP contribution in [-0.2, 0) is 10.7 Å². The fourth-order valence-electron chi connectivity index (χ4n) is 2.92. The Morgan fingerprint density at radius 1 is 1.21 bits per heavy atom. The van der Waals surface area contributed by atoms with E-state index in [1.54, 1.807) is 6.92 Å². The maximum absolute atomic E-state index is 14.6. The van der Waals surface area contributed by atoms with Gasteiger partial charge in [-0.1, -0.05) is 0 Å². The van der Waals surface area contributed by atoms with Crippen LogP contribution >= 0.6 is 11.3 Å². The molecule has 2 heterocycles. The van der Waals surface area contributed by atoms with E-state index in [2.05, 4.69) is 5.32 Å². The van der Waals surface area contributed by atoms with Gasteiger partial charge < -0.3 is 15.3 Å². The predicted molar refractivity (Wildman–Crippen MR) is 99.1 cm³/mol. The van der Waals surface area contributed by atoms with E-state index in [4.69, 9.17) is 0 Å². The number of hydrogen-bond donors (Lipinski definition) is 2. The number of likely N-dealkylation sites (tertiary alicyclic amines) is 1. The molecule has 9 heteroatoms. The van der Waals surface area contributed by atoms with E-state index in [0.29, 0.717) is 22.6 Å². The third-order valence-corrected chi connectivity index (χ3v) is 5.73. The average Bonchev–Trinajstić information content (AvgIpc) is 3.16. The summed E-state index contributed by atoms with van der Waals surface area (Å²) in [6.45, 7) is 1.68. The highest BCUT2D eigenvalue weighted by molar-refractivity contribution is 7.14. The van der Waals surface area contributed by atoms with Gasteiger partial charge in [0.15, 0.2) is 0 Å².